The van der Waals surface area contributed by atoms with E-state index in [1.165, 1.54) is 31.4 Å². The van der Waals surface area contributed by atoms with E-state index in [-0.39, 0.29) is 0 Å². The van der Waals surface area contributed by atoms with Crippen LogP contribution in [-0.2, 0) is 6.42 Å². The SMILES string of the molecule is CCC1(Cc2ccc(OC)cc2)CCCN1. The van der Waals surface area contributed by atoms with Crippen molar-refractivity contribution < 1.29 is 4.74 Å². The van der Waals surface area contributed by atoms with Gasteiger partial charge in [-0.05, 0) is 49.9 Å². The molecule has 1 heterocycles. The summed E-state index contributed by atoms with van der Waals surface area (Å²) in [5.74, 6) is 0.939. The van der Waals surface area contributed by atoms with Crippen LogP contribution in [0.1, 0.15) is 31.7 Å². The summed E-state index contributed by atoms with van der Waals surface area (Å²) in [6.07, 6.45) is 4.95. The molecule has 1 aromatic carbocycles. The molecule has 0 saturated carbocycles. The van der Waals surface area contributed by atoms with Gasteiger partial charge in [-0.1, -0.05) is 19.1 Å². The Bertz CT molecular complexity index is 325. The third kappa shape index (κ3) is 2.38. The third-order valence-electron chi connectivity index (χ3n) is 3.71. The van der Waals surface area contributed by atoms with Gasteiger partial charge in [0.1, 0.15) is 5.75 Å². The van der Waals surface area contributed by atoms with Crippen LogP contribution in [0.4, 0.5) is 0 Å². The van der Waals surface area contributed by atoms with Gasteiger partial charge in [0, 0.05) is 5.54 Å². The first-order valence-corrected chi connectivity index (χ1v) is 6.16. The topological polar surface area (TPSA) is 21.3 Å². The quantitative estimate of drug-likeness (QED) is 0.840. The van der Waals surface area contributed by atoms with Gasteiger partial charge in [-0.25, -0.2) is 0 Å². The molecule has 2 rings (SSSR count). The summed E-state index contributed by atoms with van der Waals surface area (Å²) in [5.41, 5.74) is 1.74. The van der Waals surface area contributed by atoms with Crippen molar-refractivity contribution in [2.45, 2.75) is 38.1 Å². The molecule has 1 unspecified atom stereocenters. The molecule has 2 nitrogen and oxygen atoms in total. The van der Waals surface area contributed by atoms with Crippen molar-refractivity contribution in [3.63, 3.8) is 0 Å². The Kier molecular flexibility index (Phi) is 3.49. The number of ether oxygens (including phenoxy) is 1. The smallest absolute Gasteiger partial charge is 0.118 e. The number of hydrogen-bond donors (Lipinski definition) is 1. The minimum atomic E-state index is 0.342. The first-order chi connectivity index (χ1) is 7.78. The molecule has 0 amide bonds. The van der Waals surface area contributed by atoms with E-state index in [0.29, 0.717) is 5.54 Å². The second-order valence-electron chi connectivity index (χ2n) is 4.69. The summed E-state index contributed by atoms with van der Waals surface area (Å²) in [6, 6.07) is 8.45. The molecule has 1 fully saturated rings. The van der Waals surface area contributed by atoms with Gasteiger partial charge >= 0.3 is 0 Å². The summed E-state index contributed by atoms with van der Waals surface area (Å²) >= 11 is 0. The molecule has 1 aliphatic heterocycles. The van der Waals surface area contributed by atoms with E-state index in [1.807, 2.05) is 12.1 Å². The Morgan fingerprint density at radius 3 is 2.56 bits per heavy atom. The highest BCUT2D eigenvalue weighted by Gasteiger charge is 2.31. The largest absolute Gasteiger partial charge is 0.497 e. The van der Waals surface area contributed by atoms with Crippen LogP contribution in [0.2, 0.25) is 0 Å². The molecule has 1 atom stereocenters. The zero-order chi connectivity index (χ0) is 11.4. The van der Waals surface area contributed by atoms with E-state index in [4.69, 9.17) is 4.74 Å². The van der Waals surface area contributed by atoms with Crippen LogP contribution in [-0.4, -0.2) is 19.2 Å². The maximum Gasteiger partial charge on any atom is 0.118 e. The molecule has 0 spiro atoms. The lowest BCUT2D eigenvalue weighted by atomic mass is 9.87. The molecule has 16 heavy (non-hydrogen) atoms. The second kappa shape index (κ2) is 4.88. The molecule has 1 N–H and O–H groups in total. The lowest BCUT2D eigenvalue weighted by molar-refractivity contribution is 0.359. The van der Waals surface area contributed by atoms with Crippen molar-refractivity contribution in [2.24, 2.45) is 0 Å². The maximum atomic E-state index is 5.18. The first-order valence-electron chi connectivity index (χ1n) is 6.16. The highest BCUT2D eigenvalue weighted by Crippen LogP contribution is 2.27. The molecule has 0 aromatic heterocycles. The van der Waals surface area contributed by atoms with E-state index in [9.17, 15) is 0 Å². The first kappa shape index (κ1) is 11.5. The van der Waals surface area contributed by atoms with Crippen molar-refractivity contribution in [1.29, 1.82) is 0 Å². The Hall–Kier alpha value is -1.02. The monoisotopic (exact) mass is 219 g/mol. The van der Waals surface area contributed by atoms with Crippen LogP contribution in [0.3, 0.4) is 0 Å². The predicted octanol–water partition coefficient (Wildman–Crippen LogP) is 2.77. The van der Waals surface area contributed by atoms with Crippen LogP contribution in [0, 0.1) is 0 Å². The predicted molar refractivity (Wildman–Crippen MR) is 67.0 cm³/mol. The van der Waals surface area contributed by atoms with Gasteiger partial charge < -0.3 is 10.1 Å². The molecule has 2 heteroatoms. The Morgan fingerprint density at radius 1 is 1.31 bits per heavy atom. The van der Waals surface area contributed by atoms with Gasteiger partial charge in [0.15, 0.2) is 0 Å². The summed E-state index contributed by atoms with van der Waals surface area (Å²) in [5, 5.41) is 3.67. The average Bonchev–Trinajstić information content (AvgIpc) is 2.79. The van der Waals surface area contributed by atoms with Gasteiger partial charge in [0.2, 0.25) is 0 Å². The second-order valence-corrected chi connectivity index (χ2v) is 4.69. The van der Waals surface area contributed by atoms with Crippen LogP contribution in [0.15, 0.2) is 24.3 Å². The van der Waals surface area contributed by atoms with Gasteiger partial charge in [0.05, 0.1) is 7.11 Å². The highest BCUT2D eigenvalue weighted by molar-refractivity contribution is 5.28. The summed E-state index contributed by atoms with van der Waals surface area (Å²) < 4.78 is 5.18. The Labute approximate surface area is 98.0 Å². The lowest BCUT2D eigenvalue weighted by Crippen LogP contribution is -2.41. The number of nitrogens with one attached hydrogen (secondary N) is 1. The Morgan fingerprint density at radius 2 is 2.06 bits per heavy atom. The fraction of sp³-hybridized carbons (Fsp3) is 0.571. The fourth-order valence-electron chi connectivity index (χ4n) is 2.58. The van der Waals surface area contributed by atoms with Crippen LogP contribution >= 0.6 is 0 Å². The number of benzene rings is 1. The van der Waals surface area contributed by atoms with Gasteiger partial charge in [-0.2, -0.15) is 0 Å². The minimum absolute atomic E-state index is 0.342. The summed E-state index contributed by atoms with van der Waals surface area (Å²) in [7, 11) is 1.71. The minimum Gasteiger partial charge on any atom is -0.497 e. The number of rotatable bonds is 4. The molecule has 0 bridgehead atoms. The van der Waals surface area contributed by atoms with E-state index in [1.54, 1.807) is 7.11 Å². The van der Waals surface area contributed by atoms with Crippen molar-refractivity contribution in [1.82, 2.24) is 5.32 Å². The zero-order valence-corrected chi connectivity index (χ0v) is 10.3. The standard InChI is InChI=1S/C14H21NO/c1-3-14(9-4-10-15-14)11-12-5-7-13(16-2)8-6-12/h5-8,15H,3-4,9-11H2,1-2H3. The van der Waals surface area contributed by atoms with E-state index in [0.717, 1.165) is 12.2 Å². The number of hydrogen-bond acceptors (Lipinski definition) is 2. The van der Waals surface area contributed by atoms with E-state index >= 15 is 0 Å². The summed E-state index contributed by atoms with van der Waals surface area (Å²) in [6.45, 7) is 3.45. The van der Waals surface area contributed by atoms with Crippen molar-refractivity contribution in [3.05, 3.63) is 29.8 Å². The molecule has 0 aliphatic carbocycles. The molecular weight excluding hydrogens is 198 g/mol. The van der Waals surface area contributed by atoms with Gasteiger partial charge in [-0.3, -0.25) is 0 Å². The molecule has 1 aromatic rings. The molecule has 0 radical (unpaired) electrons. The van der Waals surface area contributed by atoms with Gasteiger partial charge in [0.25, 0.3) is 0 Å². The van der Waals surface area contributed by atoms with Crippen molar-refractivity contribution in [3.8, 4) is 5.75 Å². The Balaban J connectivity index is 2.07. The molecule has 1 aliphatic rings. The fourth-order valence-corrected chi connectivity index (χ4v) is 2.58. The molecule has 88 valence electrons. The zero-order valence-electron chi connectivity index (χ0n) is 10.3. The van der Waals surface area contributed by atoms with Crippen LogP contribution in [0.25, 0.3) is 0 Å². The van der Waals surface area contributed by atoms with E-state index < -0.39 is 0 Å². The highest BCUT2D eigenvalue weighted by atomic mass is 16.5. The van der Waals surface area contributed by atoms with Crippen LogP contribution in [0.5, 0.6) is 5.75 Å². The average molecular weight is 219 g/mol. The lowest BCUT2D eigenvalue weighted by Gasteiger charge is -2.28. The summed E-state index contributed by atoms with van der Waals surface area (Å²) in [4.78, 5) is 0. The number of methoxy groups -OCH3 is 1. The molecular formula is C14H21NO. The van der Waals surface area contributed by atoms with Crippen molar-refractivity contribution in [2.75, 3.05) is 13.7 Å². The van der Waals surface area contributed by atoms with Gasteiger partial charge in [-0.15, -0.1) is 0 Å². The molecule has 1 saturated heterocycles. The maximum absolute atomic E-state index is 5.18. The van der Waals surface area contributed by atoms with Crippen molar-refractivity contribution >= 4 is 0 Å². The third-order valence-corrected chi connectivity index (χ3v) is 3.71. The normalized spacial score (nSPS) is 24.6. The van der Waals surface area contributed by atoms with Crippen LogP contribution < -0.4 is 10.1 Å². The van der Waals surface area contributed by atoms with E-state index in [2.05, 4.69) is 24.4 Å².